The second-order valence-corrected chi connectivity index (χ2v) is 11.8. The lowest BCUT2D eigenvalue weighted by Crippen LogP contribution is -3.00. The van der Waals surface area contributed by atoms with Gasteiger partial charge in [0.2, 0.25) is 0 Å². The van der Waals surface area contributed by atoms with Crippen molar-refractivity contribution in [3.63, 3.8) is 0 Å². The van der Waals surface area contributed by atoms with Crippen molar-refractivity contribution in [2.24, 2.45) is 0 Å². The lowest BCUT2D eigenvalue weighted by molar-refractivity contribution is -0.610. The Labute approximate surface area is 208 Å². The minimum absolute atomic E-state index is 0. The standard InChI is InChI=1S/C24H30N3O3S2.ClH/c1-14-19(13-32-31-10-9-28)27(8-7-20(14)30-6)22-25-17-11-15-16(12-18(17)26-22)24(4,5)21(29)23(15,2)3;/h7-8,11-12,28H,9-10,13H2,1-6H3,(H,25,26);1H/q+1;/p-1. The number of nitrogens with one attached hydrogen (secondary N) is 1. The number of benzene rings is 1. The predicted octanol–water partition coefficient (Wildman–Crippen LogP) is 1.17. The molecule has 0 fully saturated rings. The molecule has 0 radical (unpaired) electrons. The number of carbonyl (C=O) groups is 1. The fourth-order valence-electron chi connectivity index (χ4n) is 4.69. The molecule has 178 valence electrons. The van der Waals surface area contributed by atoms with Crippen LogP contribution in [-0.4, -0.2) is 40.3 Å². The van der Waals surface area contributed by atoms with Gasteiger partial charge in [-0.05, 0) is 57.9 Å². The number of hydrogen-bond donors (Lipinski definition) is 2. The van der Waals surface area contributed by atoms with E-state index >= 15 is 0 Å². The monoisotopic (exact) mass is 507 g/mol. The first-order valence-electron chi connectivity index (χ1n) is 10.7. The van der Waals surface area contributed by atoms with Crippen LogP contribution in [0.4, 0.5) is 0 Å². The number of ketones is 1. The Balaban J connectivity index is 0.00000306. The average Bonchev–Trinajstić information content (AvgIpc) is 3.23. The smallest absolute Gasteiger partial charge is 0.402 e. The number of carbonyl (C=O) groups excluding carboxylic acids is 1. The molecular formula is C24H30ClN3O3S2. The molecule has 4 rings (SSSR count). The molecule has 33 heavy (non-hydrogen) atoms. The van der Waals surface area contributed by atoms with Gasteiger partial charge in [-0.25, -0.2) is 9.55 Å². The van der Waals surface area contributed by atoms with Gasteiger partial charge in [0, 0.05) is 28.2 Å². The largest absolute Gasteiger partial charge is 1.00 e. The number of fused-ring (bicyclic) bond motifs is 2. The van der Waals surface area contributed by atoms with Crippen LogP contribution in [-0.2, 0) is 21.4 Å². The number of aromatic amines is 1. The van der Waals surface area contributed by atoms with Gasteiger partial charge >= 0.3 is 5.95 Å². The molecule has 9 heteroatoms. The zero-order valence-electron chi connectivity index (χ0n) is 19.8. The van der Waals surface area contributed by atoms with Gasteiger partial charge in [-0.3, -0.25) is 4.79 Å². The van der Waals surface area contributed by atoms with Gasteiger partial charge < -0.3 is 22.3 Å². The lowest BCUT2D eigenvalue weighted by atomic mass is 9.80. The number of Topliss-reactive ketones (excluding diaryl/α,β-unsaturated/α-hetero) is 1. The van der Waals surface area contributed by atoms with E-state index in [1.54, 1.807) is 28.7 Å². The molecule has 0 saturated carbocycles. The van der Waals surface area contributed by atoms with E-state index in [2.05, 4.69) is 28.6 Å². The topological polar surface area (TPSA) is 79.1 Å². The van der Waals surface area contributed by atoms with Gasteiger partial charge in [-0.2, -0.15) is 0 Å². The molecule has 1 aliphatic rings. The summed E-state index contributed by atoms with van der Waals surface area (Å²) in [5.41, 5.74) is 5.01. The maximum absolute atomic E-state index is 13.0. The van der Waals surface area contributed by atoms with Crippen LogP contribution in [0.3, 0.4) is 0 Å². The average molecular weight is 508 g/mol. The predicted molar refractivity (Wildman–Crippen MR) is 131 cm³/mol. The summed E-state index contributed by atoms with van der Waals surface area (Å²) in [7, 11) is 5.02. The number of rotatable bonds is 7. The Kier molecular flexibility index (Phi) is 7.44. The molecule has 0 saturated heterocycles. The molecule has 0 unspecified atom stereocenters. The molecule has 0 atom stereocenters. The number of aromatic nitrogens is 3. The van der Waals surface area contributed by atoms with E-state index in [1.807, 2.05) is 40.0 Å². The van der Waals surface area contributed by atoms with Gasteiger partial charge in [0.25, 0.3) is 0 Å². The van der Waals surface area contributed by atoms with E-state index in [9.17, 15) is 4.79 Å². The van der Waals surface area contributed by atoms with Gasteiger partial charge in [0.05, 0.1) is 25.7 Å². The molecule has 0 aliphatic heterocycles. The Bertz CT molecular complexity index is 1150. The highest BCUT2D eigenvalue weighted by molar-refractivity contribution is 8.76. The van der Waals surface area contributed by atoms with E-state index in [4.69, 9.17) is 14.8 Å². The number of halogens is 1. The minimum Gasteiger partial charge on any atom is -1.00 e. The molecule has 0 spiro atoms. The highest BCUT2D eigenvalue weighted by Crippen LogP contribution is 2.47. The second kappa shape index (κ2) is 9.49. The third kappa shape index (κ3) is 4.27. The number of ether oxygens (including phenoxy) is 1. The summed E-state index contributed by atoms with van der Waals surface area (Å²) in [4.78, 5) is 21.4. The molecule has 0 bridgehead atoms. The van der Waals surface area contributed by atoms with Crippen LogP contribution in [0.15, 0.2) is 24.4 Å². The summed E-state index contributed by atoms with van der Waals surface area (Å²) in [6.07, 6.45) is 1.97. The van der Waals surface area contributed by atoms with Crippen molar-refractivity contribution in [1.82, 2.24) is 9.97 Å². The van der Waals surface area contributed by atoms with Gasteiger partial charge in [0.1, 0.15) is 17.0 Å². The first-order valence-corrected chi connectivity index (χ1v) is 13.1. The quantitative estimate of drug-likeness (QED) is 0.284. The molecule has 6 nitrogen and oxygen atoms in total. The third-order valence-electron chi connectivity index (χ3n) is 6.46. The van der Waals surface area contributed by atoms with Crippen molar-refractivity contribution in [1.29, 1.82) is 0 Å². The van der Waals surface area contributed by atoms with E-state index in [1.165, 1.54) is 0 Å². The Morgan fingerprint density at radius 1 is 1.15 bits per heavy atom. The molecule has 1 aromatic carbocycles. The minimum atomic E-state index is -0.526. The van der Waals surface area contributed by atoms with Crippen molar-refractivity contribution >= 4 is 38.4 Å². The Hall–Kier alpha value is -1.74. The summed E-state index contributed by atoms with van der Waals surface area (Å²) in [5.74, 6) is 3.25. The number of H-pyrrole nitrogens is 1. The first kappa shape index (κ1) is 25.9. The zero-order chi connectivity index (χ0) is 23.3. The van der Waals surface area contributed by atoms with Crippen LogP contribution in [0.2, 0.25) is 0 Å². The Morgan fingerprint density at radius 3 is 2.45 bits per heavy atom. The third-order valence-corrected chi connectivity index (χ3v) is 8.72. The van der Waals surface area contributed by atoms with Crippen LogP contribution in [0.5, 0.6) is 5.75 Å². The van der Waals surface area contributed by atoms with Gasteiger partial charge in [-0.15, -0.1) is 0 Å². The van der Waals surface area contributed by atoms with Gasteiger partial charge in [-0.1, -0.05) is 26.6 Å². The SMILES string of the molecule is COc1cc[n+](-c2nc3cc4c(cc3[nH]2)C(C)(C)C(=O)C4(C)C)c(CSSCCO)c1C.[Cl-]. The van der Waals surface area contributed by atoms with Crippen LogP contribution < -0.4 is 21.7 Å². The van der Waals surface area contributed by atoms with E-state index in [0.29, 0.717) is 5.75 Å². The Morgan fingerprint density at radius 2 is 1.82 bits per heavy atom. The summed E-state index contributed by atoms with van der Waals surface area (Å²) in [6, 6.07) is 6.11. The highest BCUT2D eigenvalue weighted by Gasteiger charge is 2.50. The molecule has 2 N–H and O–H groups in total. The van der Waals surface area contributed by atoms with Crippen molar-refractivity contribution < 1.29 is 31.6 Å². The van der Waals surface area contributed by atoms with Crippen molar-refractivity contribution in [3.05, 3.63) is 46.8 Å². The maximum Gasteiger partial charge on any atom is 0.402 e. The zero-order valence-corrected chi connectivity index (χ0v) is 22.2. The van der Waals surface area contributed by atoms with Crippen LogP contribution in [0.25, 0.3) is 17.0 Å². The van der Waals surface area contributed by atoms with E-state index in [0.717, 1.165) is 50.9 Å². The molecule has 2 aromatic heterocycles. The molecule has 2 heterocycles. The van der Waals surface area contributed by atoms with E-state index in [-0.39, 0.29) is 24.8 Å². The molecular weight excluding hydrogens is 478 g/mol. The number of methoxy groups -OCH3 is 1. The molecule has 3 aromatic rings. The van der Waals surface area contributed by atoms with Gasteiger partial charge in [0.15, 0.2) is 11.3 Å². The number of imidazole rings is 1. The van der Waals surface area contributed by atoms with Crippen LogP contribution in [0.1, 0.15) is 50.1 Å². The number of nitrogens with zero attached hydrogens (tertiary/aromatic N) is 2. The van der Waals surface area contributed by atoms with Crippen LogP contribution >= 0.6 is 21.6 Å². The molecule has 0 amide bonds. The first-order chi connectivity index (χ1) is 15.1. The summed E-state index contributed by atoms with van der Waals surface area (Å²) >= 11 is 0. The maximum atomic E-state index is 13.0. The number of pyridine rings is 1. The summed E-state index contributed by atoms with van der Waals surface area (Å²) < 4.78 is 7.61. The number of aliphatic hydroxyl groups is 1. The second-order valence-electron chi connectivity index (χ2n) is 9.19. The lowest BCUT2D eigenvalue weighted by Gasteiger charge is -2.21. The number of hydrogen-bond acceptors (Lipinski definition) is 6. The number of aliphatic hydroxyl groups excluding tert-OH is 1. The van der Waals surface area contributed by atoms with Crippen molar-refractivity contribution in [2.45, 2.75) is 51.2 Å². The normalized spacial score (nSPS) is 16.0. The fraction of sp³-hybridized carbons (Fsp3) is 0.458. The van der Waals surface area contributed by atoms with E-state index < -0.39 is 10.8 Å². The van der Waals surface area contributed by atoms with Crippen molar-refractivity contribution in [2.75, 3.05) is 19.5 Å². The molecule has 1 aliphatic carbocycles. The summed E-state index contributed by atoms with van der Waals surface area (Å²) in [6.45, 7) is 10.2. The summed E-state index contributed by atoms with van der Waals surface area (Å²) in [5, 5.41) is 9.08. The highest BCUT2D eigenvalue weighted by atomic mass is 35.5. The van der Waals surface area contributed by atoms with Crippen LogP contribution in [0, 0.1) is 6.92 Å². The van der Waals surface area contributed by atoms with Crippen molar-refractivity contribution in [3.8, 4) is 11.7 Å². The fourth-order valence-corrected chi connectivity index (χ4v) is 6.59.